The van der Waals surface area contributed by atoms with E-state index in [2.05, 4.69) is 20.5 Å². The van der Waals surface area contributed by atoms with Crippen LogP contribution in [0, 0.1) is 10.1 Å². The summed E-state index contributed by atoms with van der Waals surface area (Å²) < 4.78 is 3.27. The van der Waals surface area contributed by atoms with Gasteiger partial charge in [-0.25, -0.2) is 0 Å². The normalized spacial score (nSPS) is 12.5. The molecule has 0 bridgehead atoms. The zero-order valence-corrected chi connectivity index (χ0v) is 12.7. The summed E-state index contributed by atoms with van der Waals surface area (Å²) in [5.74, 6) is 0.745. The van der Waals surface area contributed by atoms with Gasteiger partial charge >= 0.3 is 5.82 Å². The molecule has 4 aromatic heterocycles. The van der Waals surface area contributed by atoms with Crippen molar-refractivity contribution in [3.05, 3.63) is 64.7 Å². The van der Waals surface area contributed by atoms with Gasteiger partial charge in [-0.1, -0.05) is 12.1 Å². The number of fused-ring (bicyclic) bond motifs is 2. The average Bonchev–Trinajstić information content (AvgIpc) is 3.15. The largest absolute Gasteiger partial charge is 0.372 e. The van der Waals surface area contributed by atoms with Crippen LogP contribution in [0.25, 0.3) is 11.3 Å². The second kappa shape index (κ2) is 5.30. The number of pyridine rings is 2. The molecular formula is C15H13N7O2. The maximum Gasteiger partial charge on any atom is 0.372 e. The van der Waals surface area contributed by atoms with Crippen molar-refractivity contribution in [3.8, 4) is 0 Å². The van der Waals surface area contributed by atoms with E-state index >= 15 is 0 Å². The quantitative estimate of drug-likeness (QED) is 0.457. The third-order valence-corrected chi connectivity index (χ3v) is 3.76. The van der Waals surface area contributed by atoms with Crippen molar-refractivity contribution < 1.29 is 4.92 Å². The third-order valence-electron chi connectivity index (χ3n) is 3.76. The summed E-state index contributed by atoms with van der Waals surface area (Å²) in [6.07, 6.45) is 3.46. The predicted octanol–water partition coefficient (Wildman–Crippen LogP) is 2.46. The van der Waals surface area contributed by atoms with Crippen LogP contribution in [0.1, 0.15) is 18.8 Å². The molecule has 120 valence electrons. The van der Waals surface area contributed by atoms with E-state index in [0.717, 1.165) is 0 Å². The minimum absolute atomic E-state index is 0.105. The van der Waals surface area contributed by atoms with Crippen LogP contribution in [0.3, 0.4) is 0 Å². The predicted molar refractivity (Wildman–Crippen MR) is 86.9 cm³/mol. The molecule has 0 amide bonds. The molecule has 0 fully saturated rings. The lowest BCUT2D eigenvalue weighted by atomic mass is 10.3. The maximum absolute atomic E-state index is 11.4. The number of anilines is 1. The molecule has 1 unspecified atom stereocenters. The first-order chi connectivity index (χ1) is 11.6. The van der Waals surface area contributed by atoms with Crippen molar-refractivity contribution in [1.29, 1.82) is 0 Å². The van der Waals surface area contributed by atoms with E-state index in [-0.39, 0.29) is 17.7 Å². The molecule has 0 aliphatic rings. The molecule has 1 atom stereocenters. The molecule has 0 saturated heterocycles. The molecule has 0 aliphatic heterocycles. The summed E-state index contributed by atoms with van der Waals surface area (Å²) in [7, 11) is 0. The van der Waals surface area contributed by atoms with Crippen LogP contribution in [0.15, 0.2) is 48.8 Å². The zero-order chi connectivity index (χ0) is 16.7. The Morgan fingerprint density at radius 1 is 1.08 bits per heavy atom. The van der Waals surface area contributed by atoms with Gasteiger partial charge in [0.05, 0.1) is 12.2 Å². The molecule has 4 rings (SSSR count). The molecule has 0 saturated carbocycles. The Bertz CT molecular complexity index is 1050. The van der Waals surface area contributed by atoms with Crippen molar-refractivity contribution in [2.45, 2.75) is 13.0 Å². The average molecular weight is 323 g/mol. The smallest absolute Gasteiger partial charge is 0.358 e. The second-order valence-corrected chi connectivity index (χ2v) is 5.32. The Hall–Kier alpha value is -3.49. The fraction of sp³-hybridized carbons (Fsp3) is 0.133. The summed E-state index contributed by atoms with van der Waals surface area (Å²) in [6, 6.07) is 10.5. The summed E-state index contributed by atoms with van der Waals surface area (Å²) in [4.78, 5) is 15.3. The Labute approximate surface area is 135 Å². The van der Waals surface area contributed by atoms with Gasteiger partial charge in [-0.3, -0.25) is 4.40 Å². The first kappa shape index (κ1) is 14.1. The Balaban J connectivity index is 1.76. The van der Waals surface area contributed by atoms with E-state index in [1.165, 1.54) is 4.40 Å². The van der Waals surface area contributed by atoms with Crippen LogP contribution < -0.4 is 5.32 Å². The van der Waals surface area contributed by atoms with Crippen molar-refractivity contribution >= 4 is 22.9 Å². The second-order valence-electron chi connectivity index (χ2n) is 5.32. The van der Waals surface area contributed by atoms with E-state index in [1.807, 2.05) is 35.7 Å². The topological polar surface area (TPSA) is 103 Å². The number of nitrogens with one attached hydrogen (secondary N) is 1. The van der Waals surface area contributed by atoms with Gasteiger partial charge in [-0.2, -0.15) is 9.38 Å². The van der Waals surface area contributed by atoms with Gasteiger partial charge in [0, 0.05) is 12.3 Å². The molecule has 4 heterocycles. The number of hydrogen-bond donors (Lipinski definition) is 1. The summed E-state index contributed by atoms with van der Waals surface area (Å²) in [5.41, 5.74) is 1.22. The molecule has 0 radical (unpaired) electrons. The van der Waals surface area contributed by atoms with Crippen LogP contribution in [0.4, 0.5) is 11.6 Å². The fourth-order valence-corrected chi connectivity index (χ4v) is 2.68. The van der Waals surface area contributed by atoms with E-state index in [1.54, 1.807) is 24.4 Å². The van der Waals surface area contributed by atoms with E-state index in [0.29, 0.717) is 17.1 Å². The summed E-state index contributed by atoms with van der Waals surface area (Å²) in [6.45, 7) is 1.86. The number of nitro groups is 1. The lowest BCUT2D eigenvalue weighted by molar-refractivity contribution is -0.389. The number of aromatic nitrogens is 5. The number of nitrogens with zero attached hydrogens (tertiary/aromatic N) is 6. The van der Waals surface area contributed by atoms with E-state index < -0.39 is 4.92 Å². The summed E-state index contributed by atoms with van der Waals surface area (Å²) in [5, 5.41) is 22.8. The highest BCUT2D eigenvalue weighted by Gasteiger charge is 2.25. The molecule has 9 nitrogen and oxygen atoms in total. The molecular weight excluding hydrogens is 310 g/mol. The molecule has 4 aromatic rings. The van der Waals surface area contributed by atoms with Gasteiger partial charge < -0.3 is 15.4 Å². The molecule has 9 heteroatoms. The Morgan fingerprint density at radius 2 is 1.79 bits per heavy atom. The zero-order valence-electron chi connectivity index (χ0n) is 12.7. The van der Waals surface area contributed by atoms with Gasteiger partial charge in [-0.15, -0.1) is 10.2 Å². The minimum Gasteiger partial charge on any atom is -0.358 e. The highest BCUT2D eigenvalue weighted by Crippen LogP contribution is 2.28. The van der Waals surface area contributed by atoms with Crippen LogP contribution >= 0.6 is 0 Å². The lowest BCUT2D eigenvalue weighted by Crippen LogP contribution is -2.12. The van der Waals surface area contributed by atoms with Gasteiger partial charge in [0.25, 0.3) is 0 Å². The van der Waals surface area contributed by atoms with E-state index in [4.69, 9.17) is 0 Å². The fourth-order valence-electron chi connectivity index (χ4n) is 2.68. The molecule has 0 aliphatic carbocycles. The van der Waals surface area contributed by atoms with Crippen LogP contribution in [0.5, 0.6) is 0 Å². The van der Waals surface area contributed by atoms with Gasteiger partial charge in [0.2, 0.25) is 11.5 Å². The van der Waals surface area contributed by atoms with Crippen LogP contribution in [-0.4, -0.2) is 28.9 Å². The highest BCUT2D eigenvalue weighted by atomic mass is 16.6. The Morgan fingerprint density at radius 3 is 2.54 bits per heavy atom. The molecule has 0 aromatic carbocycles. The third kappa shape index (κ3) is 2.14. The number of rotatable bonds is 4. The van der Waals surface area contributed by atoms with Crippen molar-refractivity contribution in [2.24, 2.45) is 0 Å². The monoisotopic (exact) mass is 323 g/mol. The van der Waals surface area contributed by atoms with Crippen molar-refractivity contribution in [1.82, 2.24) is 24.0 Å². The SMILES string of the molecule is CC(Nc1nc2ccccn2c1[N+](=O)[O-])c1nnc2ccccn12. The van der Waals surface area contributed by atoms with Crippen molar-refractivity contribution in [2.75, 3.05) is 5.32 Å². The molecule has 0 spiro atoms. The first-order valence-corrected chi connectivity index (χ1v) is 7.33. The molecule has 24 heavy (non-hydrogen) atoms. The van der Waals surface area contributed by atoms with E-state index in [9.17, 15) is 10.1 Å². The number of hydrogen-bond acceptors (Lipinski definition) is 6. The number of imidazole rings is 1. The minimum atomic E-state index is -0.447. The van der Waals surface area contributed by atoms with Gasteiger partial charge in [0.1, 0.15) is 0 Å². The first-order valence-electron chi connectivity index (χ1n) is 7.33. The lowest BCUT2D eigenvalue weighted by Gasteiger charge is -2.11. The maximum atomic E-state index is 11.4. The summed E-state index contributed by atoms with van der Waals surface area (Å²) >= 11 is 0. The Kier molecular flexibility index (Phi) is 3.12. The van der Waals surface area contributed by atoms with Gasteiger partial charge in [-0.05, 0) is 30.0 Å². The van der Waals surface area contributed by atoms with Crippen molar-refractivity contribution in [3.63, 3.8) is 0 Å². The van der Waals surface area contributed by atoms with Crippen LogP contribution in [0.2, 0.25) is 0 Å². The molecule has 1 N–H and O–H groups in total. The van der Waals surface area contributed by atoms with Gasteiger partial charge in [0.15, 0.2) is 11.5 Å². The highest BCUT2D eigenvalue weighted by molar-refractivity contribution is 5.62. The van der Waals surface area contributed by atoms with Crippen LogP contribution in [-0.2, 0) is 0 Å². The standard InChI is InChI=1S/C15H13N7O2/c1-10(14-19-18-12-7-3-4-8-20(12)14)16-13-15(22(23)24)21-9-5-2-6-11(21)17-13/h2-10,16H,1H3.